The van der Waals surface area contributed by atoms with Gasteiger partial charge in [-0.3, -0.25) is 4.79 Å². The molecule has 0 spiro atoms. The van der Waals surface area contributed by atoms with Crippen LogP contribution in [0, 0.1) is 5.82 Å². The van der Waals surface area contributed by atoms with Crippen molar-refractivity contribution in [1.29, 1.82) is 0 Å². The summed E-state index contributed by atoms with van der Waals surface area (Å²) in [4.78, 5) is 17.9. The topological polar surface area (TPSA) is 59.2 Å². The van der Waals surface area contributed by atoms with E-state index < -0.39 is 5.82 Å². The lowest BCUT2D eigenvalue weighted by molar-refractivity contribution is 0.0982. The largest absolute Gasteiger partial charge is 0.397 e. The summed E-state index contributed by atoms with van der Waals surface area (Å²) in [5, 5.41) is 0. The Hall–Kier alpha value is -2.43. The highest BCUT2D eigenvalue weighted by Crippen LogP contribution is 2.24. The molecule has 0 unspecified atom stereocenters. The van der Waals surface area contributed by atoms with Gasteiger partial charge in [0.05, 0.1) is 17.6 Å². The van der Waals surface area contributed by atoms with E-state index in [0.717, 1.165) is 12.6 Å². The molecule has 1 aromatic heterocycles. The van der Waals surface area contributed by atoms with Crippen LogP contribution < -0.4 is 10.6 Å². The van der Waals surface area contributed by atoms with Crippen molar-refractivity contribution in [1.82, 2.24) is 4.98 Å². The van der Waals surface area contributed by atoms with Crippen molar-refractivity contribution in [2.24, 2.45) is 0 Å². The van der Waals surface area contributed by atoms with Crippen molar-refractivity contribution < 1.29 is 9.18 Å². The molecule has 0 aliphatic carbocycles. The van der Waals surface area contributed by atoms with Gasteiger partial charge in [0.2, 0.25) is 0 Å². The molecule has 4 nitrogen and oxygen atoms in total. The van der Waals surface area contributed by atoms with E-state index >= 15 is 0 Å². The van der Waals surface area contributed by atoms with E-state index in [0.29, 0.717) is 17.9 Å². The van der Waals surface area contributed by atoms with Gasteiger partial charge in [0, 0.05) is 6.54 Å². The number of carbonyl (C=O) groups excluding carboxylic acids is 1. The van der Waals surface area contributed by atoms with Crippen molar-refractivity contribution >= 4 is 17.3 Å². The van der Waals surface area contributed by atoms with Crippen LogP contribution in [0.15, 0.2) is 42.6 Å². The Kier molecular flexibility index (Phi) is 4.30. The van der Waals surface area contributed by atoms with E-state index in [-0.39, 0.29) is 11.6 Å². The van der Waals surface area contributed by atoms with Gasteiger partial charge in [-0.2, -0.15) is 0 Å². The molecule has 1 heterocycles. The number of nitrogens with two attached hydrogens (primary N) is 1. The van der Waals surface area contributed by atoms with Gasteiger partial charge in [-0.25, -0.2) is 9.37 Å². The molecule has 20 heavy (non-hydrogen) atoms. The first-order valence-corrected chi connectivity index (χ1v) is 6.41. The van der Waals surface area contributed by atoms with E-state index in [1.807, 2.05) is 19.1 Å². The first-order chi connectivity index (χ1) is 9.63. The monoisotopic (exact) mass is 273 g/mol. The molecule has 2 N–H and O–H groups in total. The predicted octanol–water partition coefficient (Wildman–Crippen LogP) is 2.86. The first-order valence-electron chi connectivity index (χ1n) is 6.41. The molecule has 0 fully saturated rings. The van der Waals surface area contributed by atoms with Gasteiger partial charge >= 0.3 is 0 Å². The second-order valence-electron chi connectivity index (χ2n) is 4.38. The zero-order valence-electron chi connectivity index (χ0n) is 11.2. The average molecular weight is 273 g/mol. The highest BCUT2D eigenvalue weighted by atomic mass is 19.1. The molecule has 1 amide bonds. The summed E-state index contributed by atoms with van der Waals surface area (Å²) in [7, 11) is 0. The molecule has 1 aromatic carbocycles. The molecule has 2 rings (SSSR count). The van der Waals surface area contributed by atoms with Gasteiger partial charge in [-0.05, 0) is 30.7 Å². The number of carbonyl (C=O) groups is 1. The van der Waals surface area contributed by atoms with Crippen LogP contribution in [0.5, 0.6) is 0 Å². The van der Waals surface area contributed by atoms with Crippen LogP contribution in [0.25, 0.3) is 0 Å². The number of amides is 1. The maximum absolute atomic E-state index is 12.9. The van der Waals surface area contributed by atoms with Crippen LogP contribution in [0.1, 0.15) is 23.8 Å². The van der Waals surface area contributed by atoms with Crippen LogP contribution in [0.2, 0.25) is 0 Å². The number of pyridine rings is 1. The molecule has 0 radical (unpaired) electrons. The number of rotatable bonds is 4. The SMILES string of the molecule is CCCN(C(=O)c1ccc(F)cn1)c1ccccc1N. The van der Waals surface area contributed by atoms with Gasteiger partial charge in [-0.15, -0.1) is 0 Å². The van der Waals surface area contributed by atoms with Gasteiger partial charge in [-0.1, -0.05) is 19.1 Å². The molecule has 0 aliphatic rings. The second kappa shape index (κ2) is 6.14. The Labute approximate surface area is 117 Å². The molecule has 0 aliphatic heterocycles. The van der Waals surface area contributed by atoms with Crippen molar-refractivity contribution in [2.45, 2.75) is 13.3 Å². The third-order valence-electron chi connectivity index (χ3n) is 2.87. The number of nitrogen functional groups attached to an aromatic ring is 1. The Bertz CT molecular complexity index is 598. The number of aromatic nitrogens is 1. The second-order valence-corrected chi connectivity index (χ2v) is 4.38. The van der Waals surface area contributed by atoms with Gasteiger partial charge in [0.15, 0.2) is 0 Å². The zero-order chi connectivity index (χ0) is 14.5. The van der Waals surface area contributed by atoms with Crippen molar-refractivity contribution in [3.8, 4) is 0 Å². The Balaban J connectivity index is 2.36. The summed E-state index contributed by atoms with van der Waals surface area (Å²) >= 11 is 0. The summed E-state index contributed by atoms with van der Waals surface area (Å²) in [6.07, 6.45) is 1.81. The number of nitrogens with zero attached hydrogens (tertiary/aromatic N) is 2. The van der Waals surface area contributed by atoms with E-state index in [4.69, 9.17) is 5.73 Å². The average Bonchev–Trinajstić information content (AvgIpc) is 2.46. The Morgan fingerprint density at radius 3 is 2.65 bits per heavy atom. The summed E-state index contributed by atoms with van der Waals surface area (Å²) in [5.41, 5.74) is 7.28. The smallest absolute Gasteiger partial charge is 0.276 e. The molecular formula is C15H16FN3O. The highest BCUT2D eigenvalue weighted by Gasteiger charge is 2.19. The maximum atomic E-state index is 12.9. The molecule has 2 aromatic rings. The Morgan fingerprint density at radius 1 is 1.30 bits per heavy atom. The predicted molar refractivity (Wildman–Crippen MR) is 77.0 cm³/mol. The standard InChI is InChI=1S/C15H16FN3O/c1-2-9-19(14-6-4-3-5-12(14)17)15(20)13-8-7-11(16)10-18-13/h3-8,10H,2,9,17H2,1H3. The van der Waals surface area contributed by atoms with Crippen LogP contribution in [-0.2, 0) is 0 Å². The van der Waals surface area contributed by atoms with Gasteiger partial charge < -0.3 is 10.6 Å². The number of halogens is 1. The number of hydrogen-bond donors (Lipinski definition) is 1. The highest BCUT2D eigenvalue weighted by molar-refractivity contribution is 6.06. The van der Waals surface area contributed by atoms with E-state index in [9.17, 15) is 9.18 Å². The number of anilines is 2. The molecule has 0 atom stereocenters. The summed E-state index contributed by atoms with van der Waals surface area (Å²) in [5.74, 6) is -0.757. The minimum atomic E-state index is -0.470. The fourth-order valence-corrected chi connectivity index (χ4v) is 1.93. The zero-order valence-corrected chi connectivity index (χ0v) is 11.2. The van der Waals surface area contributed by atoms with Crippen LogP contribution in [0.4, 0.5) is 15.8 Å². The quantitative estimate of drug-likeness (QED) is 0.871. The molecule has 0 saturated carbocycles. The fourth-order valence-electron chi connectivity index (χ4n) is 1.93. The fraction of sp³-hybridized carbons (Fsp3) is 0.200. The first kappa shape index (κ1) is 14.0. The lowest BCUT2D eigenvalue weighted by Gasteiger charge is -2.23. The van der Waals surface area contributed by atoms with E-state index in [1.165, 1.54) is 12.1 Å². The lowest BCUT2D eigenvalue weighted by atomic mass is 10.2. The molecular weight excluding hydrogens is 257 g/mol. The summed E-state index contributed by atoms with van der Waals surface area (Å²) in [6, 6.07) is 9.75. The minimum Gasteiger partial charge on any atom is -0.397 e. The maximum Gasteiger partial charge on any atom is 0.276 e. The number of benzene rings is 1. The van der Waals surface area contributed by atoms with Crippen molar-refractivity contribution in [3.05, 3.63) is 54.1 Å². The van der Waals surface area contributed by atoms with Crippen LogP contribution >= 0.6 is 0 Å². The number of hydrogen-bond acceptors (Lipinski definition) is 3. The van der Waals surface area contributed by atoms with Crippen molar-refractivity contribution in [3.63, 3.8) is 0 Å². The molecule has 0 saturated heterocycles. The van der Waals surface area contributed by atoms with Crippen LogP contribution in [-0.4, -0.2) is 17.4 Å². The normalized spacial score (nSPS) is 10.3. The number of para-hydroxylation sites is 2. The minimum absolute atomic E-state index is 0.197. The van der Waals surface area contributed by atoms with E-state index in [1.54, 1.807) is 17.0 Å². The van der Waals surface area contributed by atoms with Gasteiger partial charge in [0.1, 0.15) is 11.5 Å². The molecule has 104 valence electrons. The van der Waals surface area contributed by atoms with Gasteiger partial charge in [0.25, 0.3) is 5.91 Å². The van der Waals surface area contributed by atoms with Crippen LogP contribution in [0.3, 0.4) is 0 Å². The van der Waals surface area contributed by atoms with E-state index in [2.05, 4.69) is 4.98 Å². The third kappa shape index (κ3) is 2.93. The summed E-state index contributed by atoms with van der Waals surface area (Å²) in [6.45, 7) is 2.49. The lowest BCUT2D eigenvalue weighted by Crippen LogP contribution is -2.32. The van der Waals surface area contributed by atoms with Crippen molar-refractivity contribution in [2.75, 3.05) is 17.2 Å². The Morgan fingerprint density at radius 2 is 2.05 bits per heavy atom. The molecule has 0 bridgehead atoms. The third-order valence-corrected chi connectivity index (χ3v) is 2.87. The molecule has 5 heteroatoms. The summed E-state index contributed by atoms with van der Waals surface area (Å²) < 4.78 is 12.9.